The smallest absolute Gasteiger partial charge is 0.418 e. The molecule has 1 aliphatic rings. The van der Waals surface area contributed by atoms with Crippen LogP contribution in [0, 0.1) is 0 Å². The monoisotopic (exact) mass is 409 g/mol. The Morgan fingerprint density at radius 3 is 2.33 bits per heavy atom. The van der Waals surface area contributed by atoms with Crippen molar-refractivity contribution < 1.29 is 27.9 Å². The number of benzene rings is 2. The molecule has 0 radical (unpaired) electrons. The number of hydrogen-bond donors (Lipinski definition) is 1. The highest BCUT2D eigenvalue weighted by Crippen LogP contribution is 2.42. The summed E-state index contributed by atoms with van der Waals surface area (Å²) in [5.41, 5.74) is -0.658. The largest absolute Gasteiger partial charge is 0.478 e. The average molecular weight is 409 g/mol. The molecular weight excluding hydrogens is 399 g/mol. The van der Waals surface area contributed by atoms with Gasteiger partial charge in [-0.15, -0.1) is 0 Å². The summed E-state index contributed by atoms with van der Waals surface area (Å²) in [6.07, 6.45) is -3.17. The number of hydrogen-bond acceptors (Lipinski definition) is 4. The summed E-state index contributed by atoms with van der Waals surface area (Å²) in [6.45, 7) is 0. The number of thioether (sulfide) groups is 1. The fourth-order valence-electron chi connectivity index (χ4n) is 2.46. The Balaban J connectivity index is 1.96. The maximum absolute atomic E-state index is 13.3. The van der Waals surface area contributed by atoms with Gasteiger partial charge in [-0.1, -0.05) is 48.2 Å². The number of carboxylic acids is 1. The molecule has 3 rings (SSSR count). The lowest BCUT2D eigenvalue weighted by Gasteiger charge is -2.20. The number of aromatic carboxylic acids is 1. The van der Waals surface area contributed by atoms with Crippen LogP contribution in [0.2, 0.25) is 0 Å². The molecule has 1 fully saturated rings. The second-order valence-electron chi connectivity index (χ2n) is 5.46. The third-order valence-electron chi connectivity index (χ3n) is 3.70. The van der Waals surface area contributed by atoms with Gasteiger partial charge < -0.3 is 5.11 Å². The SMILES string of the molecule is O=C(O)c1ccc(C=C2SC(=S)N(c3ccccc3C(F)(F)F)C2=O)cc1. The van der Waals surface area contributed by atoms with Crippen LogP contribution in [0.4, 0.5) is 18.9 Å². The number of alkyl halides is 3. The van der Waals surface area contributed by atoms with E-state index >= 15 is 0 Å². The van der Waals surface area contributed by atoms with Crippen LogP contribution in [-0.2, 0) is 11.0 Å². The van der Waals surface area contributed by atoms with E-state index < -0.39 is 23.6 Å². The minimum absolute atomic E-state index is 0.00916. The average Bonchev–Trinajstić information content (AvgIpc) is 2.88. The van der Waals surface area contributed by atoms with Crippen molar-refractivity contribution in [3.63, 3.8) is 0 Å². The van der Waals surface area contributed by atoms with Crippen LogP contribution in [0.3, 0.4) is 0 Å². The third-order valence-corrected chi connectivity index (χ3v) is 5.00. The van der Waals surface area contributed by atoms with Gasteiger partial charge in [0.25, 0.3) is 5.91 Å². The van der Waals surface area contributed by atoms with Gasteiger partial charge in [0.05, 0.1) is 21.7 Å². The second kappa shape index (κ2) is 7.16. The lowest BCUT2D eigenvalue weighted by atomic mass is 10.1. The van der Waals surface area contributed by atoms with E-state index in [1.165, 1.54) is 48.5 Å². The molecule has 1 heterocycles. The Kier molecular flexibility index (Phi) is 5.07. The van der Waals surface area contributed by atoms with Gasteiger partial charge in [0.1, 0.15) is 0 Å². The van der Waals surface area contributed by atoms with E-state index in [2.05, 4.69) is 0 Å². The summed E-state index contributed by atoms with van der Waals surface area (Å²) in [7, 11) is 0. The molecule has 1 amide bonds. The Hall–Kier alpha value is -2.65. The van der Waals surface area contributed by atoms with Crippen molar-refractivity contribution in [2.45, 2.75) is 6.18 Å². The molecule has 0 bridgehead atoms. The van der Waals surface area contributed by atoms with Gasteiger partial charge in [-0.25, -0.2) is 4.79 Å². The van der Waals surface area contributed by atoms with Crippen LogP contribution in [0.15, 0.2) is 53.4 Å². The molecule has 4 nitrogen and oxygen atoms in total. The topological polar surface area (TPSA) is 57.6 Å². The van der Waals surface area contributed by atoms with Gasteiger partial charge in [-0.3, -0.25) is 9.69 Å². The summed E-state index contributed by atoms with van der Waals surface area (Å²) >= 11 is 6.00. The van der Waals surface area contributed by atoms with Crippen LogP contribution in [0.1, 0.15) is 21.5 Å². The van der Waals surface area contributed by atoms with Crippen molar-refractivity contribution in [2.75, 3.05) is 4.90 Å². The van der Waals surface area contributed by atoms with Crippen molar-refractivity contribution in [3.8, 4) is 0 Å². The summed E-state index contributed by atoms with van der Waals surface area (Å²) in [5, 5.41) is 8.90. The minimum Gasteiger partial charge on any atom is -0.478 e. The fraction of sp³-hybridized carbons (Fsp3) is 0.0556. The van der Waals surface area contributed by atoms with Gasteiger partial charge in [0.15, 0.2) is 4.32 Å². The number of carbonyl (C=O) groups is 2. The van der Waals surface area contributed by atoms with E-state index in [1.807, 2.05) is 0 Å². The van der Waals surface area contributed by atoms with E-state index in [1.54, 1.807) is 0 Å². The molecule has 0 spiro atoms. The number of thiocarbonyl (C=S) groups is 1. The van der Waals surface area contributed by atoms with Crippen molar-refractivity contribution in [1.82, 2.24) is 0 Å². The van der Waals surface area contributed by atoms with Crippen LogP contribution in [-0.4, -0.2) is 21.3 Å². The Labute approximate surface area is 161 Å². The van der Waals surface area contributed by atoms with E-state index in [9.17, 15) is 22.8 Å². The minimum atomic E-state index is -4.63. The Bertz CT molecular complexity index is 969. The van der Waals surface area contributed by atoms with Crippen LogP contribution >= 0.6 is 24.0 Å². The third kappa shape index (κ3) is 3.88. The molecule has 0 aromatic heterocycles. The van der Waals surface area contributed by atoms with Gasteiger partial charge >= 0.3 is 12.1 Å². The van der Waals surface area contributed by atoms with Gasteiger partial charge in [-0.05, 0) is 35.9 Å². The lowest BCUT2D eigenvalue weighted by Crippen LogP contribution is -2.29. The molecule has 1 aliphatic heterocycles. The van der Waals surface area contributed by atoms with Crippen molar-refractivity contribution >= 4 is 51.9 Å². The summed E-state index contributed by atoms with van der Waals surface area (Å²) in [5.74, 6) is -1.75. The highest BCUT2D eigenvalue weighted by molar-refractivity contribution is 8.27. The molecule has 9 heteroatoms. The molecule has 2 aromatic carbocycles. The maximum atomic E-state index is 13.3. The standard InChI is InChI=1S/C18H10F3NO3S2/c19-18(20,21)12-3-1-2-4-13(12)22-15(23)14(27-17(22)26)9-10-5-7-11(8-6-10)16(24)25/h1-9H,(H,24,25). The number of anilines is 1. The molecule has 0 saturated carbocycles. The molecule has 1 saturated heterocycles. The quantitative estimate of drug-likeness (QED) is 0.583. The van der Waals surface area contributed by atoms with Crippen molar-refractivity contribution in [1.29, 1.82) is 0 Å². The number of nitrogens with zero attached hydrogens (tertiary/aromatic N) is 1. The number of carbonyl (C=O) groups excluding carboxylic acids is 1. The zero-order valence-electron chi connectivity index (χ0n) is 13.4. The zero-order valence-corrected chi connectivity index (χ0v) is 15.0. The number of rotatable bonds is 3. The Morgan fingerprint density at radius 1 is 1.11 bits per heavy atom. The molecule has 0 unspecified atom stereocenters. The summed E-state index contributed by atoms with van der Waals surface area (Å²) in [4.78, 5) is 24.6. The molecule has 138 valence electrons. The van der Waals surface area contributed by atoms with Gasteiger partial charge in [0, 0.05) is 0 Å². The number of amides is 1. The highest BCUT2D eigenvalue weighted by atomic mass is 32.2. The van der Waals surface area contributed by atoms with E-state index in [0.717, 1.165) is 22.7 Å². The molecule has 0 atom stereocenters. The van der Waals surface area contributed by atoms with E-state index in [0.29, 0.717) is 5.56 Å². The van der Waals surface area contributed by atoms with Crippen molar-refractivity contribution in [3.05, 3.63) is 70.1 Å². The predicted octanol–water partition coefficient (Wildman–Crippen LogP) is 4.81. The molecule has 0 aliphatic carbocycles. The van der Waals surface area contributed by atoms with Crippen LogP contribution in [0.5, 0.6) is 0 Å². The first-order valence-electron chi connectivity index (χ1n) is 7.46. The van der Waals surface area contributed by atoms with Gasteiger partial charge in [0.2, 0.25) is 0 Å². The Morgan fingerprint density at radius 2 is 1.74 bits per heavy atom. The van der Waals surface area contributed by atoms with Crippen LogP contribution in [0.25, 0.3) is 6.08 Å². The highest BCUT2D eigenvalue weighted by Gasteiger charge is 2.40. The van der Waals surface area contributed by atoms with Crippen molar-refractivity contribution in [2.24, 2.45) is 0 Å². The van der Waals surface area contributed by atoms with Crippen LogP contribution < -0.4 is 4.90 Å². The number of carboxylic acid groups (broad SMARTS) is 1. The zero-order chi connectivity index (χ0) is 19.8. The van der Waals surface area contributed by atoms with E-state index in [-0.39, 0.29) is 20.5 Å². The first-order valence-corrected chi connectivity index (χ1v) is 8.68. The predicted molar refractivity (Wildman–Crippen MR) is 100 cm³/mol. The molecule has 2 aromatic rings. The summed E-state index contributed by atoms with van der Waals surface area (Å²) in [6, 6.07) is 10.5. The first kappa shape index (κ1) is 19.1. The number of para-hydroxylation sites is 1. The second-order valence-corrected chi connectivity index (χ2v) is 7.13. The van der Waals surface area contributed by atoms with Gasteiger partial charge in [-0.2, -0.15) is 13.2 Å². The maximum Gasteiger partial charge on any atom is 0.418 e. The normalized spacial score (nSPS) is 16.3. The molecular formula is C18H10F3NO3S2. The lowest BCUT2D eigenvalue weighted by molar-refractivity contribution is -0.137. The molecule has 27 heavy (non-hydrogen) atoms. The number of halogens is 3. The first-order chi connectivity index (χ1) is 12.7. The van der Waals surface area contributed by atoms with E-state index in [4.69, 9.17) is 17.3 Å². The fourth-order valence-corrected chi connectivity index (χ4v) is 3.74. The molecule has 1 N–H and O–H groups in total. The summed E-state index contributed by atoms with van der Waals surface area (Å²) < 4.78 is 39.7.